The quantitative estimate of drug-likeness (QED) is 0.512. The number of amides is 1. The molecule has 4 aliphatic heterocycles. The van der Waals surface area contributed by atoms with E-state index in [-0.39, 0.29) is 23.2 Å². The van der Waals surface area contributed by atoms with Crippen molar-refractivity contribution in [2.24, 2.45) is 5.92 Å². The van der Waals surface area contributed by atoms with E-state index in [0.717, 1.165) is 16.7 Å². The zero-order valence-corrected chi connectivity index (χ0v) is 18.1. The highest BCUT2D eigenvalue weighted by Gasteiger charge is 2.67. The van der Waals surface area contributed by atoms with Gasteiger partial charge in [0, 0.05) is 5.02 Å². The number of fused-ring (bicyclic) bond motifs is 2. The molecule has 0 N–H and O–H groups in total. The van der Waals surface area contributed by atoms with Crippen molar-refractivity contribution in [3.05, 3.63) is 107 Å². The zero-order chi connectivity index (χ0) is 21.0. The van der Waals surface area contributed by atoms with Gasteiger partial charge in [-0.1, -0.05) is 96.2 Å². The van der Waals surface area contributed by atoms with Gasteiger partial charge in [0.25, 0.3) is 0 Å². The van der Waals surface area contributed by atoms with E-state index in [2.05, 4.69) is 12.1 Å². The Bertz CT molecular complexity index is 1110. The summed E-state index contributed by atoms with van der Waals surface area (Å²) in [7, 11) is 0. The highest BCUT2D eigenvalue weighted by atomic mass is 35.5. The van der Waals surface area contributed by atoms with Crippen LogP contribution in [0.2, 0.25) is 5.02 Å². The summed E-state index contributed by atoms with van der Waals surface area (Å²) in [6, 6.07) is 27.8. The highest BCUT2D eigenvalue weighted by molar-refractivity contribution is 8.00. The lowest BCUT2D eigenvalue weighted by Gasteiger charge is -2.54. The fourth-order valence-corrected chi connectivity index (χ4v) is 6.51. The highest BCUT2D eigenvalue weighted by Crippen LogP contribution is 2.64. The van der Waals surface area contributed by atoms with Crippen LogP contribution in [0.5, 0.6) is 0 Å². The molecule has 4 nitrogen and oxygen atoms in total. The molecular formula is C25H20ClNO3S. The number of nitrogens with zero attached hydrogens (tertiary/aromatic N) is 1. The van der Waals surface area contributed by atoms with Crippen molar-refractivity contribution in [2.45, 2.75) is 22.7 Å². The zero-order valence-electron chi connectivity index (χ0n) is 16.6. The molecule has 3 aromatic carbocycles. The Morgan fingerprint density at radius 2 is 1.48 bits per heavy atom. The molecule has 6 heteroatoms. The third-order valence-electron chi connectivity index (χ3n) is 6.22. The van der Waals surface area contributed by atoms with Crippen molar-refractivity contribution < 1.29 is 14.3 Å². The fourth-order valence-electron chi connectivity index (χ4n) is 4.75. The monoisotopic (exact) mass is 449 g/mol. The molecule has 0 unspecified atom stereocenters. The maximum Gasteiger partial charge on any atom is 0.309 e. The Hall–Kier alpha value is -2.31. The number of carbonyl (C=O) groups excluding carboxylic acids is 1. The van der Waals surface area contributed by atoms with Gasteiger partial charge >= 0.3 is 5.24 Å². The number of hydrogen-bond donors (Lipinski definition) is 0. The summed E-state index contributed by atoms with van der Waals surface area (Å²) in [4.78, 5) is 15.6. The molecule has 4 heterocycles. The van der Waals surface area contributed by atoms with Crippen LogP contribution in [0.4, 0.5) is 0 Å². The van der Waals surface area contributed by atoms with E-state index in [1.54, 1.807) is 16.7 Å². The van der Waals surface area contributed by atoms with Gasteiger partial charge < -0.3 is 9.47 Å². The van der Waals surface area contributed by atoms with Crippen LogP contribution in [0.1, 0.15) is 34.1 Å². The van der Waals surface area contributed by atoms with Crippen LogP contribution in [0.25, 0.3) is 0 Å². The van der Waals surface area contributed by atoms with Crippen LogP contribution in [-0.4, -0.2) is 22.6 Å². The Labute approximate surface area is 190 Å². The Morgan fingerprint density at radius 3 is 2.16 bits per heavy atom. The minimum Gasteiger partial charge on any atom is -0.315 e. The lowest BCUT2D eigenvalue weighted by Crippen LogP contribution is -2.62. The van der Waals surface area contributed by atoms with Crippen LogP contribution < -0.4 is 0 Å². The summed E-state index contributed by atoms with van der Waals surface area (Å²) < 4.78 is 13.1. The average Bonchev–Trinajstić information content (AvgIpc) is 3.21. The minimum absolute atomic E-state index is 0.0612. The van der Waals surface area contributed by atoms with Crippen LogP contribution >= 0.6 is 23.4 Å². The summed E-state index contributed by atoms with van der Waals surface area (Å²) in [6.45, 7) is 0.487. The second kappa shape index (κ2) is 7.38. The van der Waals surface area contributed by atoms with Gasteiger partial charge in [0.05, 0.1) is 17.7 Å². The second-order valence-electron chi connectivity index (χ2n) is 8.05. The summed E-state index contributed by atoms with van der Waals surface area (Å²) in [5.41, 5.74) is 3.10. The first-order chi connectivity index (χ1) is 15.1. The number of carbonyl (C=O) groups is 1. The molecule has 156 valence electrons. The molecule has 3 aromatic rings. The van der Waals surface area contributed by atoms with E-state index >= 15 is 0 Å². The molecule has 1 amide bonds. The number of halogens is 1. The van der Waals surface area contributed by atoms with Gasteiger partial charge in [-0.3, -0.25) is 9.69 Å². The van der Waals surface area contributed by atoms with Gasteiger partial charge in [-0.05, 0) is 28.8 Å². The summed E-state index contributed by atoms with van der Waals surface area (Å²) in [6.07, 6.45) is -0.626. The first-order valence-electron chi connectivity index (χ1n) is 10.3. The number of ether oxygens (including phenoxy) is 2. The SMILES string of the molecule is O=C1[C@H]2[C@@H](c3ccc(Cl)cc3)O[C@@]3(O[C@H](c4ccccc4)CN13)S[C@H]2c1ccccc1. The molecule has 4 fully saturated rings. The summed E-state index contributed by atoms with van der Waals surface area (Å²) in [5, 5.41) is -0.545. The molecule has 1 spiro atoms. The molecule has 4 aliphatic rings. The van der Waals surface area contributed by atoms with Crippen LogP contribution in [0.15, 0.2) is 84.9 Å². The molecule has 4 saturated heterocycles. The largest absolute Gasteiger partial charge is 0.315 e. The average molecular weight is 450 g/mol. The Balaban J connectivity index is 1.44. The van der Waals surface area contributed by atoms with Gasteiger partial charge in [0.15, 0.2) is 0 Å². The van der Waals surface area contributed by atoms with E-state index in [0.29, 0.717) is 11.6 Å². The predicted molar refractivity (Wildman–Crippen MR) is 120 cm³/mol. The lowest BCUT2D eigenvalue weighted by atomic mass is 9.86. The number of benzene rings is 3. The first kappa shape index (κ1) is 19.4. The molecule has 2 bridgehead atoms. The standard InChI is InChI=1S/C25H20ClNO3S/c26-19-13-11-17(12-14-19)22-21-23(18-9-5-2-6-10-18)31-25(30-22)27(24(21)28)15-20(29-25)16-7-3-1-4-8-16/h1-14,20-23H,15H2/t20-,21-,22+,23-,25+/m0/s1. The second-order valence-corrected chi connectivity index (χ2v) is 9.75. The topological polar surface area (TPSA) is 38.8 Å². The molecule has 0 radical (unpaired) electrons. The Kier molecular flexibility index (Phi) is 4.62. The maximum atomic E-state index is 13.8. The third kappa shape index (κ3) is 3.11. The van der Waals surface area contributed by atoms with E-state index in [4.69, 9.17) is 21.1 Å². The van der Waals surface area contributed by atoms with E-state index in [9.17, 15) is 4.79 Å². The van der Waals surface area contributed by atoms with Crippen LogP contribution in [-0.2, 0) is 14.3 Å². The predicted octanol–water partition coefficient (Wildman–Crippen LogP) is 5.73. The normalized spacial score (nSPS) is 31.6. The molecule has 5 atom stereocenters. The maximum absolute atomic E-state index is 13.8. The number of hydrogen-bond acceptors (Lipinski definition) is 4. The lowest BCUT2D eigenvalue weighted by molar-refractivity contribution is -0.278. The van der Waals surface area contributed by atoms with Gasteiger partial charge in [-0.2, -0.15) is 0 Å². The van der Waals surface area contributed by atoms with Gasteiger partial charge in [-0.15, -0.1) is 0 Å². The minimum atomic E-state index is -1.14. The molecule has 0 aliphatic carbocycles. The summed E-state index contributed by atoms with van der Waals surface area (Å²) in [5.74, 6) is -0.259. The van der Waals surface area contributed by atoms with Crippen molar-refractivity contribution in [1.82, 2.24) is 4.90 Å². The third-order valence-corrected chi connectivity index (χ3v) is 8.01. The molecule has 0 saturated carbocycles. The van der Waals surface area contributed by atoms with E-state index in [1.165, 1.54) is 0 Å². The van der Waals surface area contributed by atoms with Gasteiger partial charge in [0.1, 0.15) is 12.2 Å². The fraction of sp³-hybridized carbons (Fsp3) is 0.240. The number of rotatable bonds is 3. The molecule has 31 heavy (non-hydrogen) atoms. The smallest absolute Gasteiger partial charge is 0.309 e. The van der Waals surface area contributed by atoms with Crippen molar-refractivity contribution in [3.8, 4) is 0 Å². The van der Waals surface area contributed by atoms with Crippen molar-refractivity contribution >= 4 is 29.3 Å². The summed E-state index contributed by atoms with van der Waals surface area (Å²) >= 11 is 7.70. The van der Waals surface area contributed by atoms with E-state index in [1.807, 2.05) is 72.8 Å². The Morgan fingerprint density at radius 1 is 0.839 bits per heavy atom. The van der Waals surface area contributed by atoms with Crippen LogP contribution in [0, 0.1) is 5.92 Å². The van der Waals surface area contributed by atoms with Gasteiger partial charge in [-0.25, -0.2) is 0 Å². The van der Waals surface area contributed by atoms with E-state index < -0.39 is 11.3 Å². The molecule has 0 aromatic heterocycles. The first-order valence-corrected chi connectivity index (χ1v) is 11.6. The van der Waals surface area contributed by atoms with Crippen molar-refractivity contribution in [3.63, 3.8) is 0 Å². The van der Waals surface area contributed by atoms with Crippen molar-refractivity contribution in [2.75, 3.05) is 6.54 Å². The van der Waals surface area contributed by atoms with Crippen molar-refractivity contribution in [1.29, 1.82) is 0 Å². The molecule has 7 rings (SSSR count). The van der Waals surface area contributed by atoms with Crippen LogP contribution in [0.3, 0.4) is 0 Å². The number of thioether (sulfide) groups is 1. The molecular weight excluding hydrogens is 430 g/mol. The van der Waals surface area contributed by atoms with Gasteiger partial charge in [0.2, 0.25) is 5.91 Å².